The monoisotopic (exact) mass is 521 g/mol. The maximum Gasteiger partial charge on any atom is 0.357 e. The maximum absolute atomic E-state index is 12.8. The number of hydrogen-bond donors (Lipinski definition) is 2. The number of rotatable bonds is 8. The number of morpholine rings is 1. The number of hydrogen-bond acceptors (Lipinski definition) is 8. The molecule has 38 heavy (non-hydrogen) atoms. The smallest absolute Gasteiger partial charge is 0.357 e. The molecule has 9 heteroatoms. The molecule has 3 heterocycles. The molecule has 0 bridgehead atoms. The number of carbonyl (C=O) groups is 2. The van der Waals surface area contributed by atoms with Gasteiger partial charge in [-0.15, -0.1) is 0 Å². The van der Waals surface area contributed by atoms with Gasteiger partial charge in [-0.05, 0) is 55.0 Å². The number of anilines is 2. The Labute approximate surface area is 225 Å². The highest BCUT2D eigenvalue weighted by atomic mass is 16.5. The summed E-state index contributed by atoms with van der Waals surface area (Å²) in [7, 11) is 0. The van der Waals surface area contributed by atoms with Crippen LogP contribution in [0.5, 0.6) is 0 Å². The first-order chi connectivity index (χ1) is 18.3. The summed E-state index contributed by atoms with van der Waals surface area (Å²) in [4.78, 5) is 33.5. The molecule has 1 aromatic carbocycles. The van der Waals surface area contributed by atoms with Gasteiger partial charge < -0.3 is 30.0 Å². The Morgan fingerprint density at radius 2 is 1.79 bits per heavy atom. The van der Waals surface area contributed by atoms with E-state index in [0.717, 1.165) is 42.7 Å². The number of aromatic nitrogens is 1. The van der Waals surface area contributed by atoms with Crippen LogP contribution in [0.25, 0.3) is 11.1 Å². The predicted molar refractivity (Wildman–Crippen MR) is 149 cm³/mol. The summed E-state index contributed by atoms with van der Waals surface area (Å²) in [6, 6.07) is 10.1. The molecular weight excluding hydrogens is 482 g/mol. The molecule has 2 aliphatic rings. The Morgan fingerprint density at radius 1 is 1.13 bits per heavy atom. The number of piperidine rings is 1. The van der Waals surface area contributed by atoms with E-state index in [2.05, 4.69) is 22.3 Å². The highest BCUT2D eigenvalue weighted by molar-refractivity contribution is 6.10. The summed E-state index contributed by atoms with van der Waals surface area (Å²) in [5, 5.41) is 12.5. The molecule has 9 nitrogen and oxygen atoms in total. The first-order valence-corrected chi connectivity index (χ1v) is 13.5. The molecular formula is C29H39N5O4. The number of benzene rings is 1. The zero-order valence-electron chi connectivity index (χ0n) is 22.9. The zero-order valence-corrected chi connectivity index (χ0v) is 22.9. The fraction of sp³-hybridized carbons (Fsp3) is 0.517. The molecule has 0 unspecified atom stereocenters. The SMILES string of the molecule is CCOC(=O)c1cc(-c2ccc(N3CCOCC3)cc2)c(C(=N)C(C)C)c(NC2CCN(C(C)=O)CC2)n1. The summed E-state index contributed by atoms with van der Waals surface area (Å²) in [6.07, 6.45) is 1.53. The normalized spacial score (nSPS) is 16.4. The molecule has 2 fully saturated rings. The minimum Gasteiger partial charge on any atom is -0.461 e. The lowest BCUT2D eigenvalue weighted by Gasteiger charge is -2.33. The van der Waals surface area contributed by atoms with Crippen molar-refractivity contribution in [2.75, 3.05) is 56.2 Å². The minimum absolute atomic E-state index is 0.0447. The number of nitrogens with zero attached hydrogens (tertiary/aromatic N) is 3. The van der Waals surface area contributed by atoms with Gasteiger partial charge in [0.15, 0.2) is 5.69 Å². The largest absolute Gasteiger partial charge is 0.461 e. The second-order valence-electron chi connectivity index (χ2n) is 10.1. The summed E-state index contributed by atoms with van der Waals surface area (Å²) in [5.41, 5.74) is 4.16. The first kappa shape index (κ1) is 27.6. The van der Waals surface area contributed by atoms with E-state index >= 15 is 0 Å². The number of amides is 1. The molecule has 0 atom stereocenters. The molecule has 0 saturated carbocycles. The van der Waals surface area contributed by atoms with Crippen LogP contribution in [0.15, 0.2) is 30.3 Å². The second-order valence-corrected chi connectivity index (χ2v) is 10.1. The highest BCUT2D eigenvalue weighted by Gasteiger charge is 2.27. The lowest BCUT2D eigenvalue weighted by atomic mass is 9.91. The molecule has 1 amide bonds. The van der Waals surface area contributed by atoms with Crippen LogP contribution in [0.4, 0.5) is 11.5 Å². The number of likely N-dealkylation sites (tertiary alicyclic amines) is 1. The molecule has 2 aliphatic heterocycles. The van der Waals surface area contributed by atoms with Crippen molar-refractivity contribution in [3.05, 3.63) is 41.6 Å². The minimum atomic E-state index is -0.490. The molecule has 4 rings (SSSR count). The van der Waals surface area contributed by atoms with Crippen molar-refractivity contribution in [2.45, 2.75) is 46.6 Å². The fourth-order valence-corrected chi connectivity index (χ4v) is 4.95. The molecule has 2 saturated heterocycles. The van der Waals surface area contributed by atoms with Gasteiger partial charge in [-0.25, -0.2) is 9.78 Å². The lowest BCUT2D eigenvalue weighted by Crippen LogP contribution is -2.41. The molecule has 2 N–H and O–H groups in total. The topological polar surface area (TPSA) is 108 Å². The first-order valence-electron chi connectivity index (χ1n) is 13.5. The number of carbonyl (C=O) groups excluding carboxylic acids is 2. The Kier molecular flexibility index (Phi) is 8.99. The third-order valence-electron chi connectivity index (χ3n) is 7.19. The van der Waals surface area contributed by atoms with Crippen LogP contribution in [0, 0.1) is 11.3 Å². The average molecular weight is 522 g/mol. The zero-order chi connectivity index (χ0) is 27.2. The third kappa shape index (κ3) is 6.32. The van der Waals surface area contributed by atoms with E-state index in [1.807, 2.05) is 30.9 Å². The van der Waals surface area contributed by atoms with E-state index < -0.39 is 5.97 Å². The Morgan fingerprint density at radius 3 is 2.37 bits per heavy atom. The van der Waals surface area contributed by atoms with Gasteiger partial charge in [-0.1, -0.05) is 26.0 Å². The molecule has 1 aromatic heterocycles. The number of esters is 1. The van der Waals surface area contributed by atoms with E-state index in [9.17, 15) is 9.59 Å². The average Bonchev–Trinajstić information content (AvgIpc) is 2.93. The summed E-state index contributed by atoms with van der Waals surface area (Å²) < 4.78 is 10.8. The van der Waals surface area contributed by atoms with Gasteiger partial charge in [-0.2, -0.15) is 0 Å². The van der Waals surface area contributed by atoms with E-state index in [1.165, 1.54) is 0 Å². The van der Waals surface area contributed by atoms with Crippen molar-refractivity contribution in [3.63, 3.8) is 0 Å². The van der Waals surface area contributed by atoms with Gasteiger partial charge >= 0.3 is 5.97 Å². The fourth-order valence-electron chi connectivity index (χ4n) is 4.95. The van der Waals surface area contributed by atoms with Gasteiger partial charge in [0.25, 0.3) is 0 Å². The van der Waals surface area contributed by atoms with Gasteiger partial charge in [0.2, 0.25) is 5.91 Å². The van der Waals surface area contributed by atoms with Crippen LogP contribution in [0.2, 0.25) is 0 Å². The molecule has 0 aliphatic carbocycles. The van der Waals surface area contributed by atoms with Crippen LogP contribution < -0.4 is 10.2 Å². The lowest BCUT2D eigenvalue weighted by molar-refractivity contribution is -0.129. The Balaban J connectivity index is 1.75. The maximum atomic E-state index is 12.8. The summed E-state index contributed by atoms with van der Waals surface area (Å²) in [6.45, 7) is 12.0. The standard InChI is InChI=1S/C29H39N5O4/c1-5-38-29(36)25-18-24(21-6-8-23(9-7-21)34-14-16-37-17-15-34)26(27(30)19(2)3)28(32-25)31-22-10-12-33(13-11-22)20(4)35/h6-9,18-19,22,30H,5,10-17H2,1-4H3,(H,31,32). The number of pyridine rings is 1. The summed E-state index contributed by atoms with van der Waals surface area (Å²) >= 11 is 0. The van der Waals surface area contributed by atoms with Crippen LogP contribution >= 0.6 is 0 Å². The van der Waals surface area contributed by atoms with Gasteiger partial charge in [0, 0.05) is 56.1 Å². The van der Waals surface area contributed by atoms with Crippen molar-refractivity contribution in [1.82, 2.24) is 9.88 Å². The van der Waals surface area contributed by atoms with Crippen molar-refractivity contribution < 1.29 is 19.1 Å². The van der Waals surface area contributed by atoms with Crippen LogP contribution in [-0.2, 0) is 14.3 Å². The Hall–Kier alpha value is -3.46. The quantitative estimate of drug-likeness (QED) is 0.396. The van der Waals surface area contributed by atoms with Crippen LogP contribution in [-0.4, -0.2) is 79.5 Å². The highest BCUT2D eigenvalue weighted by Crippen LogP contribution is 2.34. The van der Waals surface area contributed by atoms with Crippen LogP contribution in [0.1, 0.15) is 56.6 Å². The third-order valence-corrected chi connectivity index (χ3v) is 7.19. The van der Waals surface area contributed by atoms with Gasteiger partial charge in [0.1, 0.15) is 5.82 Å². The predicted octanol–water partition coefficient (Wildman–Crippen LogP) is 4.21. The van der Waals surface area contributed by atoms with E-state index in [0.29, 0.717) is 43.4 Å². The molecule has 204 valence electrons. The van der Waals surface area contributed by atoms with Crippen molar-refractivity contribution in [3.8, 4) is 11.1 Å². The molecule has 0 radical (unpaired) electrons. The number of nitrogens with one attached hydrogen (secondary N) is 2. The van der Waals surface area contributed by atoms with E-state index in [4.69, 9.17) is 19.9 Å². The van der Waals surface area contributed by atoms with Crippen molar-refractivity contribution >= 4 is 29.1 Å². The van der Waals surface area contributed by atoms with Crippen molar-refractivity contribution in [2.24, 2.45) is 5.92 Å². The van der Waals surface area contributed by atoms with E-state index in [-0.39, 0.29) is 30.2 Å². The van der Waals surface area contributed by atoms with Gasteiger partial charge in [-0.3, -0.25) is 4.79 Å². The Bertz CT molecular complexity index is 1150. The second kappa shape index (κ2) is 12.4. The summed E-state index contributed by atoms with van der Waals surface area (Å²) in [5.74, 6) is 0.0613. The number of ether oxygens (including phenoxy) is 2. The molecule has 0 spiro atoms. The van der Waals surface area contributed by atoms with Gasteiger partial charge in [0.05, 0.1) is 19.8 Å². The molecule has 2 aromatic rings. The van der Waals surface area contributed by atoms with Crippen LogP contribution in [0.3, 0.4) is 0 Å². The van der Waals surface area contributed by atoms with Crippen molar-refractivity contribution in [1.29, 1.82) is 5.41 Å². The van der Waals surface area contributed by atoms with E-state index in [1.54, 1.807) is 19.9 Å².